The van der Waals surface area contributed by atoms with Crippen LogP contribution in [-0.4, -0.2) is 17.2 Å². The van der Waals surface area contributed by atoms with E-state index in [1.165, 1.54) is 0 Å². The van der Waals surface area contributed by atoms with E-state index >= 15 is 0 Å². The van der Waals surface area contributed by atoms with E-state index in [4.69, 9.17) is 4.74 Å². The van der Waals surface area contributed by atoms with E-state index in [9.17, 15) is 5.11 Å². The summed E-state index contributed by atoms with van der Waals surface area (Å²) >= 11 is 0. The molecule has 0 saturated carbocycles. The molecule has 0 fully saturated rings. The number of aromatic nitrogens is 1. The highest BCUT2D eigenvalue weighted by Gasteiger charge is 2.36. The predicted molar refractivity (Wildman–Crippen MR) is 51.9 cm³/mol. The molecule has 1 aromatic rings. The standard InChI is InChI=1S/C10H14N2O2/c1-10(2)8-6(9(13)12-10)4-5-7(11-8)14-3/h4-5,9,12-13H,1-3H3. The largest absolute Gasteiger partial charge is 0.481 e. The average molecular weight is 194 g/mol. The number of methoxy groups -OCH3 is 1. The molecule has 0 amide bonds. The van der Waals surface area contributed by atoms with Gasteiger partial charge in [-0.15, -0.1) is 0 Å². The van der Waals surface area contributed by atoms with Crippen LogP contribution in [0, 0.1) is 0 Å². The van der Waals surface area contributed by atoms with Crippen LogP contribution in [0.4, 0.5) is 0 Å². The number of nitrogens with zero attached hydrogens (tertiary/aromatic N) is 1. The van der Waals surface area contributed by atoms with E-state index in [1.807, 2.05) is 19.9 Å². The second-order valence-electron chi connectivity index (χ2n) is 3.96. The van der Waals surface area contributed by atoms with E-state index < -0.39 is 6.23 Å². The maximum absolute atomic E-state index is 9.69. The Labute approximate surface area is 82.9 Å². The zero-order valence-electron chi connectivity index (χ0n) is 8.53. The Balaban J connectivity index is 2.53. The van der Waals surface area contributed by atoms with Crippen molar-refractivity contribution < 1.29 is 9.84 Å². The van der Waals surface area contributed by atoms with Crippen molar-refractivity contribution in [3.05, 3.63) is 23.4 Å². The Morgan fingerprint density at radius 1 is 1.50 bits per heavy atom. The monoisotopic (exact) mass is 194 g/mol. The van der Waals surface area contributed by atoms with Gasteiger partial charge in [0, 0.05) is 11.6 Å². The summed E-state index contributed by atoms with van der Waals surface area (Å²) in [6.45, 7) is 3.96. The van der Waals surface area contributed by atoms with Crippen LogP contribution in [0.25, 0.3) is 0 Å². The fourth-order valence-corrected chi connectivity index (χ4v) is 1.77. The van der Waals surface area contributed by atoms with Crippen LogP contribution in [0.3, 0.4) is 0 Å². The number of aliphatic hydroxyl groups excluding tert-OH is 1. The molecule has 4 heteroatoms. The lowest BCUT2D eigenvalue weighted by molar-refractivity contribution is 0.124. The molecule has 0 aliphatic carbocycles. The Hall–Kier alpha value is -1.13. The summed E-state index contributed by atoms with van der Waals surface area (Å²) in [4.78, 5) is 4.33. The number of nitrogens with one attached hydrogen (secondary N) is 1. The van der Waals surface area contributed by atoms with E-state index in [0.29, 0.717) is 5.88 Å². The number of ether oxygens (including phenoxy) is 1. The van der Waals surface area contributed by atoms with Gasteiger partial charge in [0.05, 0.1) is 18.3 Å². The van der Waals surface area contributed by atoms with Crippen molar-refractivity contribution in [3.63, 3.8) is 0 Å². The SMILES string of the molecule is COc1ccc2c(n1)C(C)(C)NC2O. The van der Waals surface area contributed by atoms with E-state index in [-0.39, 0.29) is 5.54 Å². The third-order valence-corrected chi connectivity index (χ3v) is 2.49. The van der Waals surface area contributed by atoms with Gasteiger partial charge in [-0.3, -0.25) is 5.32 Å². The van der Waals surface area contributed by atoms with Gasteiger partial charge in [0.15, 0.2) is 0 Å². The number of hydrogen-bond donors (Lipinski definition) is 2. The first kappa shape index (κ1) is 9.43. The third-order valence-electron chi connectivity index (χ3n) is 2.49. The van der Waals surface area contributed by atoms with Gasteiger partial charge in [-0.05, 0) is 19.9 Å². The fraction of sp³-hybridized carbons (Fsp3) is 0.500. The minimum Gasteiger partial charge on any atom is -0.481 e. The molecule has 0 radical (unpaired) electrons. The molecule has 1 aliphatic rings. The maximum Gasteiger partial charge on any atom is 0.213 e. The molecule has 1 unspecified atom stereocenters. The lowest BCUT2D eigenvalue weighted by atomic mass is 10.0. The first-order valence-corrected chi connectivity index (χ1v) is 4.56. The van der Waals surface area contributed by atoms with Crippen molar-refractivity contribution in [2.45, 2.75) is 25.6 Å². The van der Waals surface area contributed by atoms with Crippen molar-refractivity contribution in [1.29, 1.82) is 0 Å². The zero-order chi connectivity index (χ0) is 10.3. The second-order valence-corrected chi connectivity index (χ2v) is 3.96. The number of pyridine rings is 1. The van der Waals surface area contributed by atoms with Crippen LogP contribution >= 0.6 is 0 Å². The van der Waals surface area contributed by atoms with Gasteiger partial charge in [-0.1, -0.05) is 0 Å². The summed E-state index contributed by atoms with van der Waals surface area (Å²) in [5.41, 5.74) is 1.38. The summed E-state index contributed by atoms with van der Waals surface area (Å²) in [6, 6.07) is 3.60. The lowest BCUT2D eigenvalue weighted by Crippen LogP contribution is -2.32. The van der Waals surface area contributed by atoms with E-state index in [1.54, 1.807) is 13.2 Å². The van der Waals surface area contributed by atoms with Gasteiger partial charge >= 0.3 is 0 Å². The van der Waals surface area contributed by atoms with Crippen LogP contribution in [0.15, 0.2) is 12.1 Å². The van der Waals surface area contributed by atoms with Gasteiger partial charge in [0.25, 0.3) is 0 Å². The molecule has 2 rings (SSSR count). The zero-order valence-corrected chi connectivity index (χ0v) is 8.53. The summed E-state index contributed by atoms with van der Waals surface area (Å²) in [5.74, 6) is 0.577. The van der Waals surface area contributed by atoms with Gasteiger partial charge in [0.1, 0.15) is 6.23 Å². The van der Waals surface area contributed by atoms with Crippen LogP contribution in [0.1, 0.15) is 31.3 Å². The molecular weight excluding hydrogens is 180 g/mol. The number of rotatable bonds is 1. The molecule has 4 nitrogen and oxygen atoms in total. The number of fused-ring (bicyclic) bond motifs is 1. The van der Waals surface area contributed by atoms with Gasteiger partial charge in [-0.2, -0.15) is 0 Å². The molecule has 0 saturated heterocycles. The molecule has 76 valence electrons. The smallest absolute Gasteiger partial charge is 0.213 e. The number of hydrogen-bond acceptors (Lipinski definition) is 4. The first-order valence-electron chi connectivity index (χ1n) is 4.56. The second kappa shape index (κ2) is 2.93. The molecule has 1 atom stereocenters. The van der Waals surface area contributed by atoms with Crippen LogP contribution in [-0.2, 0) is 5.54 Å². The molecule has 14 heavy (non-hydrogen) atoms. The van der Waals surface area contributed by atoms with Crippen LogP contribution in [0.2, 0.25) is 0 Å². The van der Waals surface area contributed by atoms with Crippen molar-refractivity contribution in [2.75, 3.05) is 7.11 Å². The molecule has 2 N–H and O–H groups in total. The third kappa shape index (κ3) is 1.27. The van der Waals surface area contributed by atoms with Crippen molar-refractivity contribution in [1.82, 2.24) is 10.3 Å². The molecular formula is C10H14N2O2. The predicted octanol–water partition coefficient (Wildman–Crippen LogP) is 0.919. The number of aliphatic hydroxyl groups is 1. The molecule has 0 spiro atoms. The molecule has 2 heterocycles. The van der Waals surface area contributed by atoms with Crippen LogP contribution < -0.4 is 10.1 Å². The van der Waals surface area contributed by atoms with Gasteiger partial charge in [0.2, 0.25) is 5.88 Å². The summed E-state index contributed by atoms with van der Waals surface area (Å²) in [7, 11) is 1.58. The Morgan fingerprint density at radius 2 is 2.21 bits per heavy atom. The normalized spacial score (nSPS) is 23.3. The lowest BCUT2D eigenvalue weighted by Gasteiger charge is -2.18. The average Bonchev–Trinajstić information content (AvgIpc) is 2.37. The molecule has 1 aromatic heterocycles. The summed E-state index contributed by atoms with van der Waals surface area (Å²) in [6.07, 6.45) is -0.626. The summed E-state index contributed by atoms with van der Waals surface area (Å²) < 4.78 is 5.05. The van der Waals surface area contributed by atoms with E-state index in [0.717, 1.165) is 11.3 Å². The highest BCUT2D eigenvalue weighted by molar-refractivity contribution is 5.36. The highest BCUT2D eigenvalue weighted by atomic mass is 16.5. The minimum atomic E-state index is -0.626. The van der Waals surface area contributed by atoms with E-state index in [2.05, 4.69) is 10.3 Å². The molecule has 0 bridgehead atoms. The molecule has 1 aliphatic heterocycles. The van der Waals surface area contributed by atoms with Crippen molar-refractivity contribution in [3.8, 4) is 5.88 Å². The van der Waals surface area contributed by atoms with Gasteiger partial charge < -0.3 is 9.84 Å². The minimum absolute atomic E-state index is 0.302. The fourth-order valence-electron chi connectivity index (χ4n) is 1.77. The topological polar surface area (TPSA) is 54.4 Å². The Morgan fingerprint density at radius 3 is 2.86 bits per heavy atom. The first-order chi connectivity index (χ1) is 6.54. The quantitative estimate of drug-likeness (QED) is 0.698. The van der Waals surface area contributed by atoms with Gasteiger partial charge in [-0.25, -0.2) is 4.98 Å². The van der Waals surface area contributed by atoms with Crippen LogP contribution in [0.5, 0.6) is 5.88 Å². The van der Waals surface area contributed by atoms with Crippen molar-refractivity contribution in [2.24, 2.45) is 0 Å². The van der Waals surface area contributed by atoms with Crippen molar-refractivity contribution >= 4 is 0 Å². The summed E-state index contributed by atoms with van der Waals surface area (Å²) in [5, 5.41) is 12.7. The Bertz CT molecular complexity index is 363. The Kier molecular flexibility index (Phi) is 1.97. The highest BCUT2D eigenvalue weighted by Crippen LogP contribution is 2.35. The maximum atomic E-state index is 9.69. The molecule has 0 aromatic carbocycles.